The van der Waals surface area contributed by atoms with Gasteiger partial charge in [-0.3, -0.25) is 4.85 Å². The lowest BCUT2D eigenvalue weighted by Crippen LogP contribution is -1.88. The molecule has 86 valence electrons. The van der Waals surface area contributed by atoms with Crippen molar-refractivity contribution in [2.45, 2.75) is 13.8 Å². The van der Waals surface area contributed by atoms with Crippen LogP contribution in [-0.2, 0) is 0 Å². The van der Waals surface area contributed by atoms with Gasteiger partial charge in [-0.05, 0) is 18.1 Å². The van der Waals surface area contributed by atoms with E-state index in [-0.39, 0.29) is 0 Å². The predicted molar refractivity (Wildman–Crippen MR) is 73.9 cm³/mol. The van der Waals surface area contributed by atoms with Crippen LogP contribution in [0.15, 0.2) is 36.4 Å². The van der Waals surface area contributed by atoms with Crippen molar-refractivity contribution in [1.29, 1.82) is 0 Å². The van der Waals surface area contributed by atoms with Crippen molar-refractivity contribution < 1.29 is 0 Å². The van der Waals surface area contributed by atoms with Crippen LogP contribution >= 0.6 is 0 Å². The van der Waals surface area contributed by atoms with Crippen molar-refractivity contribution in [3.8, 4) is 11.1 Å². The molecule has 2 nitrogen and oxygen atoms in total. The highest BCUT2D eigenvalue weighted by Gasteiger charge is 2.13. The molecule has 2 rings (SSSR count). The Kier molecular flexibility index (Phi) is 3.13. The lowest BCUT2D eigenvalue weighted by Gasteiger charge is -2.12. The second-order valence-corrected chi connectivity index (χ2v) is 4.13. The number of hydrogen-bond acceptors (Lipinski definition) is 0. The third kappa shape index (κ3) is 1.85. The summed E-state index contributed by atoms with van der Waals surface area (Å²) in [6.07, 6.45) is 0. The summed E-state index contributed by atoms with van der Waals surface area (Å²) in [6.45, 7) is 18.3. The van der Waals surface area contributed by atoms with Crippen LogP contribution in [0, 0.1) is 27.0 Å². The van der Waals surface area contributed by atoms with Crippen molar-refractivity contribution in [3.05, 3.63) is 70.4 Å². The maximum absolute atomic E-state index is 7.20. The third-order valence-corrected chi connectivity index (χ3v) is 3.16. The molecule has 0 aliphatic carbocycles. The summed E-state index contributed by atoms with van der Waals surface area (Å²) < 4.78 is 0. The van der Waals surface area contributed by atoms with Crippen LogP contribution in [0.3, 0.4) is 0 Å². The number of benzene rings is 2. The molecular formula is C16H12N2. The van der Waals surface area contributed by atoms with Crippen molar-refractivity contribution in [3.63, 3.8) is 0 Å². The molecule has 0 spiro atoms. The zero-order chi connectivity index (χ0) is 13.1. The highest BCUT2D eigenvalue weighted by Crippen LogP contribution is 2.39. The molecule has 0 saturated carbocycles. The summed E-state index contributed by atoms with van der Waals surface area (Å²) in [6, 6.07) is 11.8. The van der Waals surface area contributed by atoms with Gasteiger partial charge in [0.2, 0.25) is 0 Å². The minimum Gasteiger partial charge on any atom is -0.250 e. The molecule has 0 radical (unpaired) electrons. The highest BCUT2D eigenvalue weighted by atomic mass is 14.8. The maximum Gasteiger partial charge on any atom is 0.197 e. The van der Waals surface area contributed by atoms with Crippen LogP contribution in [0.2, 0.25) is 0 Å². The SMILES string of the molecule is [C-]#[N+]c1cc(-c2ccccc2)c(C)c(C)c1[N+]#[C-]. The van der Waals surface area contributed by atoms with E-state index in [1.807, 2.05) is 50.2 Å². The molecule has 2 aromatic carbocycles. The van der Waals surface area contributed by atoms with Gasteiger partial charge < -0.3 is 0 Å². The molecule has 0 aromatic heterocycles. The minimum atomic E-state index is 0.437. The molecule has 0 amide bonds. The average molecular weight is 232 g/mol. The Morgan fingerprint density at radius 3 is 2.11 bits per heavy atom. The zero-order valence-corrected chi connectivity index (χ0v) is 10.4. The van der Waals surface area contributed by atoms with E-state index in [9.17, 15) is 0 Å². The molecule has 0 bridgehead atoms. The van der Waals surface area contributed by atoms with E-state index >= 15 is 0 Å². The van der Waals surface area contributed by atoms with Gasteiger partial charge in [0, 0.05) is 0 Å². The maximum atomic E-state index is 7.20. The van der Waals surface area contributed by atoms with Crippen LogP contribution in [-0.4, -0.2) is 0 Å². The smallest absolute Gasteiger partial charge is 0.197 e. The van der Waals surface area contributed by atoms with Crippen molar-refractivity contribution >= 4 is 11.4 Å². The summed E-state index contributed by atoms with van der Waals surface area (Å²) in [5.41, 5.74) is 5.00. The van der Waals surface area contributed by atoms with Crippen LogP contribution in [0.25, 0.3) is 20.8 Å². The van der Waals surface area contributed by atoms with E-state index in [4.69, 9.17) is 13.1 Å². The Morgan fingerprint density at radius 2 is 1.56 bits per heavy atom. The van der Waals surface area contributed by atoms with Crippen molar-refractivity contribution in [2.24, 2.45) is 0 Å². The van der Waals surface area contributed by atoms with Crippen LogP contribution < -0.4 is 0 Å². The molecule has 0 N–H and O–H groups in total. The summed E-state index contributed by atoms with van der Waals surface area (Å²) in [4.78, 5) is 6.94. The van der Waals surface area contributed by atoms with Crippen molar-refractivity contribution in [2.75, 3.05) is 0 Å². The Morgan fingerprint density at radius 1 is 0.889 bits per heavy atom. The van der Waals surface area contributed by atoms with E-state index < -0.39 is 0 Å². The Hall–Kier alpha value is -2.58. The standard InChI is InChI=1S/C16H12N2/c1-11-12(2)16(18-4)15(17-3)10-14(11)13-8-6-5-7-9-13/h5-10H,1-2H3. The summed E-state index contributed by atoms with van der Waals surface area (Å²) >= 11 is 0. The molecule has 0 aliphatic heterocycles. The number of hydrogen-bond donors (Lipinski definition) is 0. The molecule has 0 heterocycles. The van der Waals surface area contributed by atoms with Gasteiger partial charge in [0.05, 0.1) is 13.1 Å². The lowest BCUT2D eigenvalue weighted by atomic mass is 9.95. The minimum absolute atomic E-state index is 0.437. The van der Waals surface area contributed by atoms with Gasteiger partial charge in [-0.15, -0.1) is 0 Å². The second kappa shape index (κ2) is 4.73. The summed E-state index contributed by atoms with van der Waals surface area (Å²) in [5.74, 6) is 0. The summed E-state index contributed by atoms with van der Waals surface area (Å²) in [5, 5.41) is 0. The van der Waals surface area contributed by atoms with E-state index in [1.54, 1.807) is 0 Å². The largest absolute Gasteiger partial charge is 0.250 e. The molecule has 0 aliphatic rings. The molecule has 2 heteroatoms. The predicted octanol–water partition coefficient (Wildman–Crippen LogP) is 5.07. The summed E-state index contributed by atoms with van der Waals surface area (Å²) in [7, 11) is 0. The lowest BCUT2D eigenvalue weighted by molar-refractivity contribution is 1.35. The molecular weight excluding hydrogens is 220 g/mol. The molecule has 0 saturated heterocycles. The highest BCUT2D eigenvalue weighted by molar-refractivity contribution is 5.84. The first-order chi connectivity index (χ1) is 8.69. The Bertz CT molecular complexity index is 671. The normalized spacial score (nSPS) is 9.56. The molecule has 0 unspecified atom stereocenters. The molecule has 2 aromatic rings. The van der Waals surface area contributed by atoms with Crippen molar-refractivity contribution in [1.82, 2.24) is 0 Å². The second-order valence-electron chi connectivity index (χ2n) is 4.13. The average Bonchev–Trinajstić information content (AvgIpc) is 2.42. The van der Waals surface area contributed by atoms with Gasteiger partial charge in [-0.25, -0.2) is 4.85 Å². The Balaban J connectivity index is 2.77. The van der Waals surface area contributed by atoms with Gasteiger partial charge in [0.15, 0.2) is 11.4 Å². The van der Waals surface area contributed by atoms with Crippen LogP contribution in [0.4, 0.5) is 11.4 Å². The van der Waals surface area contributed by atoms with Gasteiger partial charge in [-0.2, -0.15) is 0 Å². The molecule has 0 fully saturated rings. The van der Waals surface area contributed by atoms with Gasteiger partial charge in [-0.1, -0.05) is 54.4 Å². The fraction of sp³-hybridized carbons (Fsp3) is 0.125. The van der Waals surface area contributed by atoms with Gasteiger partial charge in [0.1, 0.15) is 0 Å². The van der Waals surface area contributed by atoms with Crippen LogP contribution in [0.1, 0.15) is 11.1 Å². The van der Waals surface area contributed by atoms with Crippen LogP contribution in [0.5, 0.6) is 0 Å². The molecule has 0 atom stereocenters. The van der Waals surface area contributed by atoms with Gasteiger partial charge >= 0.3 is 0 Å². The van der Waals surface area contributed by atoms with E-state index in [2.05, 4.69) is 9.69 Å². The fourth-order valence-electron chi connectivity index (χ4n) is 2.03. The first-order valence-electron chi connectivity index (χ1n) is 5.63. The first-order valence-corrected chi connectivity index (χ1v) is 5.63. The van der Waals surface area contributed by atoms with E-state index in [1.165, 1.54) is 0 Å². The van der Waals surface area contributed by atoms with Gasteiger partial charge in [0.25, 0.3) is 0 Å². The number of rotatable bonds is 1. The monoisotopic (exact) mass is 232 g/mol. The third-order valence-electron chi connectivity index (χ3n) is 3.16. The quantitative estimate of drug-likeness (QED) is 0.607. The fourth-order valence-corrected chi connectivity index (χ4v) is 2.03. The Labute approximate surface area is 107 Å². The van der Waals surface area contributed by atoms with E-state index in [0.29, 0.717) is 11.4 Å². The molecule has 18 heavy (non-hydrogen) atoms. The number of nitrogens with zero attached hydrogens (tertiary/aromatic N) is 2. The first kappa shape index (κ1) is 11.9. The zero-order valence-electron chi connectivity index (χ0n) is 10.4. The topological polar surface area (TPSA) is 8.72 Å². The van der Waals surface area contributed by atoms with E-state index in [0.717, 1.165) is 22.3 Å².